The van der Waals surface area contributed by atoms with Crippen LogP contribution in [0.5, 0.6) is 0 Å². The van der Waals surface area contributed by atoms with Gasteiger partial charge < -0.3 is 0 Å². The van der Waals surface area contributed by atoms with E-state index in [0.717, 1.165) is 21.1 Å². The van der Waals surface area contributed by atoms with E-state index in [0.29, 0.717) is 0 Å². The molecular weight excluding hydrogens is 334 g/mol. The number of benzene rings is 2. The standard InChI is InChI=1S/C15H12BrN3S/c16-13-6-4-5-12(9-13)10-20-15-18-17-11-19(15)14-7-2-1-3-8-14/h1-9,11H,10H2. The van der Waals surface area contributed by atoms with Gasteiger partial charge >= 0.3 is 0 Å². The van der Waals surface area contributed by atoms with Crippen LogP contribution in [0.15, 0.2) is 70.6 Å². The fraction of sp³-hybridized carbons (Fsp3) is 0.0667. The van der Waals surface area contributed by atoms with Crippen molar-refractivity contribution in [2.24, 2.45) is 0 Å². The number of nitrogens with zero attached hydrogens (tertiary/aromatic N) is 3. The average Bonchev–Trinajstić information content (AvgIpc) is 2.95. The van der Waals surface area contributed by atoms with Gasteiger partial charge in [0.2, 0.25) is 0 Å². The highest BCUT2D eigenvalue weighted by molar-refractivity contribution is 9.10. The van der Waals surface area contributed by atoms with Crippen molar-refractivity contribution in [3.63, 3.8) is 0 Å². The zero-order chi connectivity index (χ0) is 13.8. The summed E-state index contributed by atoms with van der Waals surface area (Å²) in [7, 11) is 0. The molecule has 0 aliphatic carbocycles. The summed E-state index contributed by atoms with van der Waals surface area (Å²) >= 11 is 5.17. The Morgan fingerprint density at radius 3 is 2.70 bits per heavy atom. The van der Waals surface area contributed by atoms with Gasteiger partial charge in [0.05, 0.1) is 0 Å². The molecule has 5 heteroatoms. The normalized spacial score (nSPS) is 10.7. The molecule has 1 aromatic heterocycles. The smallest absolute Gasteiger partial charge is 0.195 e. The Labute approximate surface area is 130 Å². The molecule has 0 bridgehead atoms. The highest BCUT2D eigenvalue weighted by atomic mass is 79.9. The maximum absolute atomic E-state index is 4.19. The van der Waals surface area contributed by atoms with Gasteiger partial charge in [0.1, 0.15) is 6.33 Å². The molecule has 3 rings (SSSR count). The van der Waals surface area contributed by atoms with Gasteiger partial charge in [-0.15, -0.1) is 10.2 Å². The quantitative estimate of drug-likeness (QED) is 0.659. The number of thioether (sulfide) groups is 1. The number of hydrogen-bond acceptors (Lipinski definition) is 3. The third-order valence-corrected chi connectivity index (χ3v) is 4.32. The third kappa shape index (κ3) is 3.11. The van der Waals surface area contributed by atoms with Gasteiger partial charge in [-0.3, -0.25) is 4.57 Å². The largest absolute Gasteiger partial charge is 0.277 e. The molecule has 20 heavy (non-hydrogen) atoms. The number of para-hydroxylation sites is 1. The topological polar surface area (TPSA) is 30.7 Å². The lowest BCUT2D eigenvalue weighted by Crippen LogP contribution is -1.94. The summed E-state index contributed by atoms with van der Waals surface area (Å²) in [5.41, 5.74) is 2.33. The molecule has 3 nitrogen and oxygen atoms in total. The Hall–Kier alpha value is -1.59. The summed E-state index contributed by atoms with van der Waals surface area (Å²) in [5.74, 6) is 0.866. The Bertz CT molecular complexity index is 697. The molecule has 0 unspecified atom stereocenters. The fourth-order valence-electron chi connectivity index (χ4n) is 1.86. The van der Waals surface area contributed by atoms with Crippen LogP contribution in [0, 0.1) is 0 Å². The molecule has 0 aliphatic heterocycles. The van der Waals surface area contributed by atoms with Crippen LogP contribution in [-0.4, -0.2) is 14.8 Å². The predicted molar refractivity (Wildman–Crippen MR) is 85.1 cm³/mol. The van der Waals surface area contributed by atoms with E-state index >= 15 is 0 Å². The molecule has 100 valence electrons. The molecule has 0 spiro atoms. The summed E-state index contributed by atoms with van der Waals surface area (Å²) in [5, 5.41) is 9.10. The lowest BCUT2D eigenvalue weighted by molar-refractivity contribution is 0.884. The SMILES string of the molecule is Brc1cccc(CSc2nncn2-c2ccccc2)c1. The van der Waals surface area contributed by atoms with Crippen molar-refractivity contribution in [3.05, 3.63) is 71.0 Å². The maximum atomic E-state index is 4.19. The van der Waals surface area contributed by atoms with Crippen LogP contribution in [0.4, 0.5) is 0 Å². The molecular formula is C15H12BrN3S. The zero-order valence-corrected chi connectivity index (χ0v) is 13.0. The van der Waals surface area contributed by atoms with Gasteiger partial charge in [-0.25, -0.2) is 0 Å². The Morgan fingerprint density at radius 1 is 1.05 bits per heavy atom. The second-order valence-electron chi connectivity index (χ2n) is 4.24. The van der Waals surface area contributed by atoms with Crippen LogP contribution in [0.2, 0.25) is 0 Å². The number of halogens is 1. The van der Waals surface area contributed by atoms with Crippen molar-refractivity contribution in [3.8, 4) is 5.69 Å². The minimum absolute atomic E-state index is 0.866. The fourth-order valence-corrected chi connectivity index (χ4v) is 3.18. The van der Waals surface area contributed by atoms with E-state index in [1.165, 1.54) is 5.56 Å². The van der Waals surface area contributed by atoms with Crippen LogP contribution < -0.4 is 0 Å². The molecule has 1 heterocycles. The molecule has 0 saturated heterocycles. The van der Waals surface area contributed by atoms with Crippen molar-refractivity contribution in [1.29, 1.82) is 0 Å². The summed E-state index contributed by atoms with van der Waals surface area (Å²) < 4.78 is 3.10. The average molecular weight is 346 g/mol. The predicted octanol–water partition coefficient (Wildman–Crippen LogP) is 4.32. The van der Waals surface area contributed by atoms with Gasteiger partial charge in [-0.2, -0.15) is 0 Å². The minimum atomic E-state index is 0.866. The van der Waals surface area contributed by atoms with E-state index in [9.17, 15) is 0 Å². The molecule has 0 amide bonds. The molecule has 0 radical (unpaired) electrons. The zero-order valence-electron chi connectivity index (χ0n) is 10.6. The van der Waals surface area contributed by atoms with E-state index in [2.05, 4.69) is 38.3 Å². The summed E-state index contributed by atoms with van der Waals surface area (Å²) in [6, 6.07) is 18.4. The lowest BCUT2D eigenvalue weighted by atomic mass is 10.2. The van der Waals surface area contributed by atoms with Crippen molar-refractivity contribution in [2.45, 2.75) is 10.9 Å². The van der Waals surface area contributed by atoms with Crippen molar-refractivity contribution >= 4 is 27.7 Å². The second-order valence-corrected chi connectivity index (χ2v) is 6.10. The van der Waals surface area contributed by atoms with E-state index in [4.69, 9.17) is 0 Å². The molecule has 0 atom stereocenters. The Balaban J connectivity index is 1.78. The van der Waals surface area contributed by atoms with Crippen molar-refractivity contribution in [2.75, 3.05) is 0 Å². The second kappa shape index (κ2) is 6.24. The van der Waals surface area contributed by atoms with E-state index < -0.39 is 0 Å². The van der Waals surface area contributed by atoms with Gasteiger partial charge in [-0.05, 0) is 29.8 Å². The number of hydrogen-bond donors (Lipinski definition) is 0. The van der Waals surface area contributed by atoms with Crippen LogP contribution >= 0.6 is 27.7 Å². The van der Waals surface area contributed by atoms with Crippen LogP contribution in [0.25, 0.3) is 5.69 Å². The van der Waals surface area contributed by atoms with Gasteiger partial charge in [-0.1, -0.05) is 58.0 Å². The number of aromatic nitrogens is 3. The first-order valence-electron chi connectivity index (χ1n) is 6.15. The van der Waals surface area contributed by atoms with E-state index in [1.54, 1.807) is 18.1 Å². The lowest BCUT2D eigenvalue weighted by Gasteiger charge is -2.06. The van der Waals surface area contributed by atoms with E-state index in [-0.39, 0.29) is 0 Å². The molecule has 0 N–H and O–H groups in total. The molecule has 3 aromatic rings. The van der Waals surface area contributed by atoms with Crippen LogP contribution in [0.3, 0.4) is 0 Å². The number of rotatable bonds is 4. The molecule has 0 fully saturated rings. The minimum Gasteiger partial charge on any atom is -0.277 e. The van der Waals surface area contributed by atoms with Crippen LogP contribution in [-0.2, 0) is 5.75 Å². The molecule has 2 aromatic carbocycles. The Kier molecular flexibility index (Phi) is 4.18. The summed E-state index contributed by atoms with van der Waals surface area (Å²) in [6.45, 7) is 0. The van der Waals surface area contributed by atoms with Gasteiger partial charge in [0.25, 0.3) is 0 Å². The third-order valence-electron chi connectivity index (χ3n) is 2.81. The summed E-state index contributed by atoms with van der Waals surface area (Å²) in [6.07, 6.45) is 1.75. The van der Waals surface area contributed by atoms with Gasteiger partial charge in [0.15, 0.2) is 5.16 Å². The molecule has 0 aliphatic rings. The van der Waals surface area contributed by atoms with Gasteiger partial charge in [0, 0.05) is 15.9 Å². The monoisotopic (exact) mass is 345 g/mol. The highest BCUT2D eigenvalue weighted by Crippen LogP contribution is 2.24. The molecule has 0 saturated carbocycles. The first kappa shape index (κ1) is 13.4. The van der Waals surface area contributed by atoms with Crippen molar-refractivity contribution < 1.29 is 0 Å². The van der Waals surface area contributed by atoms with Crippen LogP contribution in [0.1, 0.15) is 5.56 Å². The first-order chi connectivity index (χ1) is 9.83. The van der Waals surface area contributed by atoms with Crippen molar-refractivity contribution in [1.82, 2.24) is 14.8 Å². The summed E-state index contributed by atoms with van der Waals surface area (Å²) in [4.78, 5) is 0. The Morgan fingerprint density at radius 2 is 1.90 bits per heavy atom. The first-order valence-corrected chi connectivity index (χ1v) is 7.93. The highest BCUT2D eigenvalue weighted by Gasteiger charge is 2.07. The maximum Gasteiger partial charge on any atom is 0.195 e. The van der Waals surface area contributed by atoms with E-state index in [1.807, 2.05) is 47.0 Å².